The maximum atomic E-state index is 5.32. The summed E-state index contributed by atoms with van der Waals surface area (Å²) in [4.78, 5) is 4.55. The third kappa shape index (κ3) is 5.61. The van der Waals surface area contributed by atoms with Crippen LogP contribution in [-0.4, -0.2) is 41.5 Å². The Hall–Kier alpha value is -2.30. The first-order valence-corrected chi connectivity index (χ1v) is 7.82. The summed E-state index contributed by atoms with van der Waals surface area (Å²) >= 11 is 0. The highest BCUT2D eigenvalue weighted by molar-refractivity contribution is 14.0. The molecule has 2 rings (SSSR count). The number of ether oxygens (including phenoxy) is 2. The van der Waals surface area contributed by atoms with Crippen molar-refractivity contribution in [3.8, 4) is 11.5 Å². The van der Waals surface area contributed by atoms with Crippen molar-refractivity contribution in [1.82, 2.24) is 20.1 Å². The first-order chi connectivity index (χ1) is 12.1. The highest BCUT2D eigenvalue weighted by Crippen LogP contribution is 2.29. The summed E-state index contributed by atoms with van der Waals surface area (Å²) < 4.78 is 12.5. The zero-order valence-corrected chi connectivity index (χ0v) is 17.8. The molecule has 0 spiro atoms. The fourth-order valence-corrected chi connectivity index (χ4v) is 2.10. The van der Waals surface area contributed by atoms with Crippen LogP contribution >= 0.6 is 24.0 Å². The van der Waals surface area contributed by atoms with Gasteiger partial charge in [0.15, 0.2) is 23.3 Å². The molecule has 9 heteroatoms. The van der Waals surface area contributed by atoms with Gasteiger partial charge in [0.2, 0.25) is 0 Å². The molecule has 0 fully saturated rings. The minimum Gasteiger partial charge on any atom is -0.493 e. The number of aliphatic imine (C=N–C) groups is 1. The number of guanidine groups is 1. The summed E-state index contributed by atoms with van der Waals surface area (Å²) in [6, 6.07) is 5.56. The lowest BCUT2D eigenvalue weighted by Gasteiger charge is -2.14. The Bertz CT molecular complexity index is 760. The number of nitrogens with one attached hydrogen (secondary N) is 2. The van der Waals surface area contributed by atoms with Crippen molar-refractivity contribution in [3.63, 3.8) is 0 Å². The first kappa shape index (κ1) is 21.7. The van der Waals surface area contributed by atoms with Gasteiger partial charge < -0.3 is 24.7 Å². The SMILES string of the molecule is C=CCNC(=NCc1nnc(C)n1C)Nc1ccc(OC)c(OC)c1.I. The van der Waals surface area contributed by atoms with E-state index in [4.69, 9.17) is 9.47 Å². The zero-order valence-electron chi connectivity index (χ0n) is 15.4. The van der Waals surface area contributed by atoms with Crippen molar-refractivity contribution in [1.29, 1.82) is 0 Å². The molecule has 0 saturated heterocycles. The molecule has 0 bridgehead atoms. The van der Waals surface area contributed by atoms with E-state index < -0.39 is 0 Å². The number of aromatic nitrogens is 3. The molecular formula is C17H25IN6O2. The second-order valence-electron chi connectivity index (χ2n) is 5.25. The Kier molecular flexibility index (Phi) is 8.90. The number of halogens is 1. The average Bonchev–Trinajstić information content (AvgIpc) is 2.95. The predicted octanol–water partition coefficient (Wildman–Crippen LogP) is 2.50. The van der Waals surface area contributed by atoms with E-state index in [-0.39, 0.29) is 24.0 Å². The van der Waals surface area contributed by atoms with E-state index in [0.29, 0.717) is 30.5 Å². The minimum absolute atomic E-state index is 0. The van der Waals surface area contributed by atoms with Crippen molar-refractivity contribution in [2.24, 2.45) is 12.0 Å². The molecule has 1 aromatic carbocycles. The van der Waals surface area contributed by atoms with E-state index in [1.54, 1.807) is 20.3 Å². The van der Waals surface area contributed by atoms with Crippen LogP contribution in [0.4, 0.5) is 5.69 Å². The standard InChI is InChI=1S/C17H24N6O2.HI/c1-6-9-18-17(19-11-16-22-21-12(2)23(16)3)20-13-7-8-14(24-4)15(10-13)25-5;/h6-8,10H,1,9,11H2,2-5H3,(H2,18,19,20);1H. The quantitative estimate of drug-likeness (QED) is 0.279. The van der Waals surface area contributed by atoms with Gasteiger partial charge in [-0.25, -0.2) is 4.99 Å². The summed E-state index contributed by atoms with van der Waals surface area (Å²) in [5.41, 5.74) is 0.821. The van der Waals surface area contributed by atoms with Gasteiger partial charge in [0.25, 0.3) is 0 Å². The molecule has 0 unspecified atom stereocenters. The second-order valence-corrected chi connectivity index (χ2v) is 5.25. The lowest BCUT2D eigenvalue weighted by atomic mass is 10.3. The molecule has 0 atom stereocenters. The van der Waals surface area contributed by atoms with Crippen LogP contribution in [0.5, 0.6) is 11.5 Å². The fourth-order valence-electron chi connectivity index (χ4n) is 2.10. The Morgan fingerprint density at radius 3 is 2.58 bits per heavy atom. The van der Waals surface area contributed by atoms with Gasteiger partial charge in [0.05, 0.1) is 14.2 Å². The maximum absolute atomic E-state index is 5.32. The molecule has 26 heavy (non-hydrogen) atoms. The molecule has 0 saturated carbocycles. The second kappa shape index (κ2) is 10.6. The van der Waals surface area contributed by atoms with Crippen LogP contribution in [-0.2, 0) is 13.6 Å². The van der Waals surface area contributed by atoms with Gasteiger partial charge in [-0.15, -0.1) is 40.8 Å². The monoisotopic (exact) mass is 472 g/mol. The summed E-state index contributed by atoms with van der Waals surface area (Å²) in [6.45, 7) is 6.60. The van der Waals surface area contributed by atoms with Gasteiger partial charge in [-0.1, -0.05) is 6.08 Å². The molecule has 0 amide bonds. The molecule has 0 aliphatic carbocycles. The molecule has 1 heterocycles. The number of methoxy groups -OCH3 is 2. The van der Waals surface area contributed by atoms with Crippen LogP contribution in [0, 0.1) is 6.92 Å². The fraction of sp³-hybridized carbons (Fsp3) is 0.353. The lowest BCUT2D eigenvalue weighted by molar-refractivity contribution is 0.355. The Balaban J connectivity index is 0.00000338. The predicted molar refractivity (Wildman–Crippen MR) is 114 cm³/mol. The summed E-state index contributed by atoms with van der Waals surface area (Å²) in [5, 5.41) is 14.6. The number of hydrogen-bond acceptors (Lipinski definition) is 5. The van der Waals surface area contributed by atoms with Crippen LogP contribution in [0.1, 0.15) is 11.6 Å². The Morgan fingerprint density at radius 1 is 1.27 bits per heavy atom. The van der Waals surface area contributed by atoms with Crippen LogP contribution in [0.3, 0.4) is 0 Å². The number of anilines is 1. The van der Waals surface area contributed by atoms with Crippen LogP contribution < -0.4 is 20.1 Å². The van der Waals surface area contributed by atoms with Gasteiger partial charge in [-0.2, -0.15) is 0 Å². The van der Waals surface area contributed by atoms with Gasteiger partial charge in [-0.3, -0.25) is 0 Å². The normalized spacial score (nSPS) is 10.7. The van der Waals surface area contributed by atoms with Crippen molar-refractivity contribution in [3.05, 3.63) is 42.5 Å². The van der Waals surface area contributed by atoms with Crippen LogP contribution in [0.25, 0.3) is 0 Å². The van der Waals surface area contributed by atoms with E-state index in [1.807, 2.05) is 36.7 Å². The van der Waals surface area contributed by atoms with Crippen molar-refractivity contribution in [2.75, 3.05) is 26.1 Å². The molecule has 2 N–H and O–H groups in total. The first-order valence-electron chi connectivity index (χ1n) is 7.82. The average molecular weight is 472 g/mol. The van der Waals surface area contributed by atoms with E-state index in [2.05, 4.69) is 32.4 Å². The minimum atomic E-state index is 0. The number of hydrogen-bond donors (Lipinski definition) is 2. The van der Waals surface area contributed by atoms with Crippen molar-refractivity contribution < 1.29 is 9.47 Å². The Labute approximate surface area is 170 Å². The topological polar surface area (TPSA) is 85.6 Å². The van der Waals surface area contributed by atoms with Crippen molar-refractivity contribution >= 4 is 35.6 Å². The van der Waals surface area contributed by atoms with E-state index >= 15 is 0 Å². The molecular weight excluding hydrogens is 447 g/mol. The molecule has 142 valence electrons. The van der Waals surface area contributed by atoms with Gasteiger partial charge in [-0.05, 0) is 19.1 Å². The third-order valence-electron chi connectivity index (χ3n) is 3.62. The molecule has 0 aliphatic heterocycles. The maximum Gasteiger partial charge on any atom is 0.196 e. The van der Waals surface area contributed by atoms with Crippen LogP contribution in [0.15, 0.2) is 35.8 Å². The number of benzene rings is 1. The number of rotatable bonds is 7. The molecule has 0 aliphatic rings. The van der Waals surface area contributed by atoms with Crippen LogP contribution in [0.2, 0.25) is 0 Å². The summed E-state index contributed by atoms with van der Waals surface area (Å²) in [5.74, 6) is 3.54. The molecule has 0 radical (unpaired) electrons. The van der Waals surface area contributed by atoms with Gasteiger partial charge >= 0.3 is 0 Å². The largest absolute Gasteiger partial charge is 0.493 e. The van der Waals surface area contributed by atoms with E-state index in [1.165, 1.54) is 0 Å². The smallest absolute Gasteiger partial charge is 0.196 e. The van der Waals surface area contributed by atoms with E-state index in [0.717, 1.165) is 17.3 Å². The van der Waals surface area contributed by atoms with Crippen molar-refractivity contribution in [2.45, 2.75) is 13.5 Å². The van der Waals surface area contributed by atoms with Gasteiger partial charge in [0.1, 0.15) is 12.4 Å². The molecule has 8 nitrogen and oxygen atoms in total. The number of nitrogens with zero attached hydrogens (tertiary/aromatic N) is 4. The highest BCUT2D eigenvalue weighted by Gasteiger charge is 2.08. The highest BCUT2D eigenvalue weighted by atomic mass is 127. The third-order valence-corrected chi connectivity index (χ3v) is 3.62. The summed E-state index contributed by atoms with van der Waals surface area (Å²) in [6.07, 6.45) is 1.76. The summed E-state index contributed by atoms with van der Waals surface area (Å²) in [7, 11) is 5.12. The lowest BCUT2D eigenvalue weighted by Crippen LogP contribution is -2.31. The molecule has 1 aromatic heterocycles. The zero-order chi connectivity index (χ0) is 18.2. The van der Waals surface area contributed by atoms with Gasteiger partial charge in [0, 0.05) is 25.3 Å². The number of aryl methyl sites for hydroxylation is 1. The Morgan fingerprint density at radius 2 is 2.00 bits per heavy atom. The van der Waals surface area contributed by atoms with E-state index in [9.17, 15) is 0 Å². The molecule has 2 aromatic rings.